The fourth-order valence-corrected chi connectivity index (χ4v) is 2.19. The SMILES string of the molecule is NC(COc1cccc(F)c1)c1ccccc1Br. The van der Waals surface area contributed by atoms with Crippen molar-refractivity contribution in [2.75, 3.05) is 6.61 Å². The van der Waals surface area contributed by atoms with Crippen molar-refractivity contribution < 1.29 is 9.13 Å². The Labute approximate surface area is 114 Å². The van der Waals surface area contributed by atoms with Crippen LogP contribution in [0, 0.1) is 5.82 Å². The molecule has 0 radical (unpaired) electrons. The Morgan fingerprint density at radius 2 is 1.94 bits per heavy atom. The quantitative estimate of drug-likeness (QED) is 0.935. The van der Waals surface area contributed by atoms with Gasteiger partial charge < -0.3 is 10.5 Å². The van der Waals surface area contributed by atoms with Gasteiger partial charge in [0, 0.05) is 10.5 Å². The largest absolute Gasteiger partial charge is 0.492 e. The minimum absolute atomic E-state index is 0.260. The maximum Gasteiger partial charge on any atom is 0.126 e. The van der Waals surface area contributed by atoms with Gasteiger partial charge in [0.25, 0.3) is 0 Å². The van der Waals surface area contributed by atoms with Crippen molar-refractivity contribution in [2.24, 2.45) is 5.73 Å². The second kappa shape index (κ2) is 5.98. The molecule has 0 aliphatic carbocycles. The Hall–Kier alpha value is -1.39. The summed E-state index contributed by atoms with van der Waals surface area (Å²) in [7, 11) is 0. The molecule has 0 bridgehead atoms. The number of halogens is 2. The lowest BCUT2D eigenvalue weighted by molar-refractivity contribution is 0.289. The van der Waals surface area contributed by atoms with Gasteiger partial charge in [-0.3, -0.25) is 0 Å². The molecule has 0 fully saturated rings. The molecule has 0 aliphatic rings. The Kier molecular flexibility index (Phi) is 4.33. The van der Waals surface area contributed by atoms with Crippen molar-refractivity contribution in [3.8, 4) is 5.75 Å². The highest BCUT2D eigenvalue weighted by Crippen LogP contribution is 2.22. The van der Waals surface area contributed by atoms with E-state index in [9.17, 15) is 4.39 Å². The molecule has 18 heavy (non-hydrogen) atoms. The average molecular weight is 310 g/mol. The second-order valence-electron chi connectivity index (χ2n) is 3.90. The van der Waals surface area contributed by atoms with E-state index in [4.69, 9.17) is 10.5 Å². The zero-order valence-corrected chi connectivity index (χ0v) is 11.2. The highest BCUT2D eigenvalue weighted by molar-refractivity contribution is 9.10. The van der Waals surface area contributed by atoms with Crippen LogP contribution in [0.5, 0.6) is 5.75 Å². The summed E-state index contributed by atoms with van der Waals surface area (Å²) in [5.41, 5.74) is 7.00. The predicted molar refractivity (Wildman–Crippen MR) is 73.0 cm³/mol. The fourth-order valence-electron chi connectivity index (χ4n) is 1.61. The summed E-state index contributed by atoms with van der Waals surface area (Å²) in [5, 5.41) is 0. The molecular weight excluding hydrogens is 297 g/mol. The topological polar surface area (TPSA) is 35.2 Å². The summed E-state index contributed by atoms with van der Waals surface area (Å²) < 4.78 is 19.4. The molecule has 0 heterocycles. The van der Waals surface area contributed by atoms with E-state index in [2.05, 4.69) is 15.9 Å². The summed E-state index contributed by atoms with van der Waals surface area (Å²) in [4.78, 5) is 0. The normalized spacial score (nSPS) is 12.2. The first-order valence-corrected chi connectivity index (χ1v) is 6.34. The van der Waals surface area contributed by atoms with Gasteiger partial charge >= 0.3 is 0 Å². The molecule has 2 aromatic rings. The smallest absolute Gasteiger partial charge is 0.126 e. The van der Waals surface area contributed by atoms with Gasteiger partial charge in [-0.1, -0.05) is 40.2 Å². The van der Waals surface area contributed by atoms with Crippen molar-refractivity contribution in [2.45, 2.75) is 6.04 Å². The molecule has 1 atom stereocenters. The Morgan fingerprint density at radius 1 is 1.17 bits per heavy atom. The van der Waals surface area contributed by atoms with E-state index < -0.39 is 0 Å². The molecule has 0 aliphatic heterocycles. The zero-order chi connectivity index (χ0) is 13.0. The van der Waals surface area contributed by atoms with Crippen molar-refractivity contribution in [1.29, 1.82) is 0 Å². The van der Waals surface area contributed by atoms with Gasteiger partial charge in [0.2, 0.25) is 0 Å². The van der Waals surface area contributed by atoms with E-state index in [1.165, 1.54) is 12.1 Å². The van der Waals surface area contributed by atoms with Crippen LogP contribution in [0.25, 0.3) is 0 Å². The number of benzene rings is 2. The van der Waals surface area contributed by atoms with Crippen LogP contribution < -0.4 is 10.5 Å². The molecule has 4 heteroatoms. The maximum absolute atomic E-state index is 13.0. The summed E-state index contributed by atoms with van der Waals surface area (Å²) in [6, 6.07) is 13.5. The third kappa shape index (κ3) is 3.31. The van der Waals surface area contributed by atoms with E-state index in [1.807, 2.05) is 24.3 Å². The average Bonchev–Trinajstić information content (AvgIpc) is 2.37. The molecule has 2 rings (SSSR count). The summed E-state index contributed by atoms with van der Waals surface area (Å²) in [6.45, 7) is 0.298. The number of ether oxygens (including phenoxy) is 1. The minimum Gasteiger partial charge on any atom is -0.492 e. The molecule has 2 aromatic carbocycles. The first-order valence-electron chi connectivity index (χ1n) is 5.55. The lowest BCUT2D eigenvalue weighted by atomic mass is 10.1. The number of hydrogen-bond donors (Lipinski definition) is 1. The molecule has 0 saturated carbocycles. The van der Waals surface area contributed by atoms with Crippen LogP contribution in [0.1, 0.15) is 11.6 Å². The van der Waals surface area contributed by atoms with Crippen LogP contribution in [-0.4, -0.2) is 6.61 Å². The van der Waals surface area contributed by atoms with Gasteiger partial charge in [-0.15, -0.1) is 0 Å². The van der Waals surface area contributed by atoms with Crippen LogP contribution >= 0.6 is 15.9 Å². The second-order valence-corrected chi connectivity index (χ2v) is 4.75. The van der Waals surface area contributed by atoms with Crippen molar-refractivity contribution in [3.05, 3.63) is 64.4 Å². The van der Waals surface area contributed by atoms with Gasteiger partial charge in [-0.05, 0) is 23.8 Å². The van der Waals surface area contributed by atoms with E-state index in [1.54, 1.807) is 12.1 Å². The van der Waals surface area contributed by atoms with E-state index in [0.717, 1.165) is 10.0 Å². The highest BCUT2D eigenvalue weighted by Gasteiger charge is 2.10. The predicted octanol–water partition coefficient (Wildman–Crippen LogP) is 3.67. The minimum atomic E-state index is -0.318. The molecule has 94 valence electrons. The third-order valence-corrected chi connectivity index (χ3v) is 3.25. The Balaban J connectivity index is 2.00. The molecule has 0 spiro atoms. The van der Waals surface area contributed by atoms with Gasteiger partial charge in [0.05, 0.1) is 6.04 Å². The van der Waals surface area contributed by atoms with Gasteiger partial charge in [-0.2, -0.15) is 0 Å². The molecule has 0 saturated heterocycles. The summed E-state index contributed by atoms with van der Waals surface area (Å²) in [6.07, 6.45) is 0. The van der Waals surface area contributed by atoms with Crippen LogP contribution in [-0.2, 0) is 0 Å². The molecule has 0 amide bonds. The molecule has 0 aromatic heterocycles. The maximum atomic E-state index is 13.0. The first-order chi connectivity index (χ1) is 8.66. The van der Waals surface area contributed by atoms with Crippen molar-refractivity contribution in [3.63, 3.8) is 0 Å². The van der Waals surface area contributed by atoms with E-state index in [0.29, 0.717) is 12.4 Å². The summed E-state index contributed by atoms with van der Waals surface area (Å²) in [5.74, 6) is 0.166. The lowest BCUT2D eigenvalue weighted by Gasteiger charge is -2.15. The van der Waals surface area contributed by atoms with Crippen molar-refractivity contribution in [1.82, 2.24) is 0 Å². The summed E-state index contributed by atoms with van der Waals surface area (Å²) >= 11 is 3.44. The fraction of sp³-hybridized carbons (Fsp3) is 0.143. The Morgan fingerprint density at radius 3 is 2.67 bits per heavy atom. The monoisotopic (exact) mass is 309 g/mol. The highest BCUT2D eigenvalue weighted by atomic mass is 79.9. The number of rotatable bonds is 4. The molecule has 1 unspecified atom stereocenters. The van der Waals surface area contributed by atoms with E-state index >= 15 is 0 Å². The van der Waals surface area contributed by atoms with Crippen LogP contribution in [0.3, 0.4) is 0 Å². The standard InChI is InChI=1S/C14H13BrFNO/c15-13-7-2-1-6-12(13)14(17)9-18-11-5-3-4-10(16)8-11/h1-8,14H,9,17H2. The third-order valence-electron chi connectivity index (χ3n) is 2.53. The van der Waals surface area contributed by atoms with Gasteiger partial charge in [0.1, 0.15) is 18.2 Å². The van der Waals surface area contributed by atoms with Crippen LogP contribution in [0.15, 0.2) is 53.0 Å². The molecular formula is C14H13BrFNO. The zero-order valence-electron chi connectivity index (χ0n) is 9.64. The van der Waals surface area contributed by atoms with Gasteiger partial charge in [0.15, 0.2) is 0 Å². The van der Waals surface area contributed by atoms with Crippen LogP contribution in [0.4, 0.5) is 4.39 Å². The number of nitrogens with two attached hydrogens (primary N) is 1. The lowest BCUT2D eigenvalue weighted by Crippen LogP contribution is -2.19. The van der Waals surface area contributed by atoms with Crippen molar-refractivity contribution >= 4 is 15.9 Å². The Bertz CT molecular complexity index is 533. The molecule has 2 N–H and O–H groups in total. The van der Waals surface area contributed by atoms with Crippen LogP contribution in [0.2, 0.25) is 0 Å². The van der Waals surface area contributed by atoms with E-state index in [-0.39, 0.29) is 11.9 Å². The molecule has 2 nitrogen and oxygen atoms in total. The first kappa shape index (κ1) is 13.1. The van der Waals surface area contributed by atoms with Gasteiger partial charge in [-0.25, -0.2) is 4.39 Å². The number of hydrogen-bond acceptors (Lipinski definition) is 2.